The van der Waals surface area contributed by atoms with Crippen LogP contribution in [0.5, 0.6) is 0 Å². The number of nitrogens with one attached hydrogen (secondary N) is 1. The minimum absolute atomic E-state index is 0.153. The first kappa shape index (κ1) is 17.6. The third-order valence-electron chi connectivity index (χ3n) is 3.39. The van der Waals surface area contributed by atoms with Crippen LogP contribution in [0.1, 0.15) is 23.2 Å². The second-order valence-electron chi connectivity index (χ2n) is 5.22. The zero-order chi connectivity index (χ0) is 17.5. The molecule has 7 heteroatoms. The van der Waals surface area contributed by atoms with Crippen molar-refractivity contribution in [3.8, 4) is 0 Å². The van der Waals surface area contributed by atoms with Crippen molar-refractivity contribution in [1.29, 1.82) is 0 Å². The van der Waals surface area contributed by atoms with E-state index in [1.165, 1.54) is 17.4 Å². The molecule has 0 bridgehead atoms. The number of carbonyl (C=O) groups excluding carboxylic acids is 1. The van der Waals surface area contributed by atoms with Gasteiger partial charge in [-0.15, -0.1) is 10.2 Å². The minimum Gasteiger partial charge on any atom is -0.328 e. The molecule has 0 aliphatic rings. The van der Waals surface area contributed by atoms with Crippen LogP contribution in [0.4, 0.5) is 15.2 Å². The fraction of sp³-hybridized carbons (Fsp3) is 0.167. The van der Waals surface area contributed by atoms with E-state index in [9.17, 15) is 9.18 Å². The number of carbonyl (C=O) groups is 1. The Kier molecular flexibility index (Phi) is 6.14. The smallest absolute Gasteiger partial charge is 0.210 e. The second-order valence-corrected chi connectivity index (χ2v) is 7.54. The first-order valence-corrected chi connectivity index (χ1v) is 9.59. The maximum absolute atomic E-state index is 13.6. The van der Waals surface area contributed by atoms with E-state index in [4.69, 9.17) is 0 Å². The summed E-state index contributed by atoms with van der Waals surface area (Å²) < 4.78 is 14.4. The van der Waals surface area contributed by atoms with Crippen LogP contribution in [0.2, 0.25) is 0 Å². The Balaban J connectivity index is 1.44. The van der Waals surface area contributed by atoms with Crippen LogP contribution < -0.4 is 5.32 Å². The minimum atomic E-state index is -0.327. The highest BCUT2D eigenvalue weighted by Gasteiger charge is 2.09. The highest BCUT2D eigenvalue weighted by Crippen LogP contribution is 2.29. The van der Waals surface area contributed by atoms with Crippen LogP contribution in [-0.4, -0.2) is 21.7 Å². The number of rotatable bonds is 8. The Morgan fingerprint density at radius 1 is 1.08 bits per heavy atom. The van der Waals surface area contributed by atoms with Crippen molar-refractivity contribution in [3.05, 3.63) is 66.0 Å². The van der Waals surface area contributed by atoms with Gasteiger partial charge >= 0.3 is 0 Å². The topological polar surface area (TPSA) is 54.9 Å². The Morgan fingerprint density at radius 2 is 1.84 bits per heavy atom. The van der Waals surface area contributed by atoms with Crippen molar-refractivity contribution in [2.45, 2.75) is 17.2 Å². The van der Waals surface area contributed by atoms with Gasteiger partial charge in [-0.3, -0.25) is 4.79 Å². The van der Waals surface area contributed by atoms with Crippen LogP contribution in [-0.2, 0) is 0 Å². The molecule has 0 atom stereocenters. The fourth-order valence-electron chi connectivity index (χ4n) is 2.16. The number of aromatic nitrogens is 2. The van der Waals surface area contributed by atoms with Crippen molar-refractivity contribution in [3.63, 3.8) is 0 Å². The van der Waals surface area contributed by atoms with E-state index in [0.29, 0.717) is 17.2 Å². The lowest BCUT2D eigenvalue weighted by atomic mass is 10.1. The third kappa shape index (κ3) is 5.11. The van der Waals surface area contributed by atoms with Crippen molar-refractivity contribution < 1.29 is 9.18 Å². The number of para-hydroxylation sites is 1. The van der Waals surface area contributed by atoms with Gasteiger partial charge in [0.05, 0.1) is 5.69 Å². The average molecular weight is 373 g/mol. The zero-order valence-corrected chi connectivity index (χ0v) is 14.9. The molecule has 0 saturated heterocycles. The lowest BCUT2D eigenvalue weighted by Gasteiger charge is -2.02. The van der Waals surface area contributed by atoms with E-state index in [0.717, 1.165) is 22.1 Å². The molecular weight excluding hydrogens is 357 g/mol. The van der Waals surface area contributed by atoms with Crippen LogP contribution in [0.3, 0.4) is 0 Å². The van der Waals surface area contributed by atoms with E-state index in [2.05, 4.69) is 15.5 Å². The zero-order valence-electron chi connectivity index (χ0n) is 13.3. The second kappa shape index (κ2) is 8.73. The predicted molar refractivity (Wildman–Crippen MR) is 100 cm³/mol. The van der Waals surface area contributed by atoms with Gasteiger partial charge < -0.3 is 5.32 Å². The van der Waals surface area contributed by atoms with Gasteiger partial charge in [-0.25, -0.2) is 4.39 Å². The molecule has 0 radical (unpaired) electrons. The summed E-state index contributed by atoms with van der Waals surface area (Å²) in [5, 5.41) is 11.6. The molecule has 0 fully saturated rings. The molecule has 3 aromatic rings. The molecule has 1 aromatic heterocycles. The van der Waals surface area contributed by atoms with Crippen molar-refractivity contribution in [1.82, 2.24) is 10.2 Å². The molecule has 0 amide bonds. The highest BCUT2D eigenvalue weighted by atomic mass is 32.2. The first-order chi connectivity index (χ1) is 12.2. The normalized spacial score (nSPS) is 10.6. The fourth-order valence-corrected chi connectivity index (χ4v) is 3.93. The largest absolute Gasteiger partial charge is 0.328 e. The number of anilines is 2. The van der Waals surface area contributed by atoms with Crippen LogP contribution in [0.15, 0.2) is 58.9 Å². The Morgan fingerprint density at radius 3 is 2.64 bits per heavy atom. The molecule has 128 valence electrons. The summed E-state index contributed by atoms with van der Waals surface area (Å²) in [5.74, 6) is 0.610. The van der Waals surface area contributed by atoms with Crippen molar-refractivity contribution in [2.75, 3.05) is 11.1 Å². The summed E-state index contributed by atoms with van der Waals surface area (Å²) in [4.78, 5) is 12.0. The van der Waals surface area contributed by atoms with Gasteiger partial charge in [-0.1, -0.05) is 65.6 Å². The number of halogens is 1. The van der Waals surface area contributed by atoms with Gasteiger partial charge in [-0.05, 0) is 18.6 Å². The van der Waals surface area contributed by atoms with Gasteiger partial charge in [0, 0.05) is 17.7 Å². The molecule has 0 saturated carbocycles. The molecule has 1 N–H and O–H groups in total. The highest BCUT2D eigenvalue weighted by molar-refractivity contribution is 8.01. The van der Waals surface area contributed by atoms with Gasteiger partial charge in [0.1, 0.15) is 5.82 Å². The first-order valence-electron chi connectivity index (χ1n) is 7.78. The van der Waals surface area contributed by atoms with Gasteiger partial charge in [0.15, 0.2) is 10.1 Å². The molecule has 0 aliphatic heterocycles. The number of benzene rings is 2. The predicted octanol–water partition coefficient (Wildman–Crippen LogP) is 5.18. The maximum Gasteiger partial charge on any atom is 0.210 e. The summed E-state index contributed by atoms with van der Waals surface area (Å²) in [6.07, 6.45) is 1.28. The lowest BCUT2D eigenvalue weighted by molar-refractivity contribution is 0.0982. The molecule has 25 heavy (non-hydrogen) atoms. The molecule has 0 aliphatic carbocycles. The Bertz CT molecular complexity index is 839. The molecular formula is C18H16FN3OS2. The summed E-state index contributed by atoms with van der Waals surface area (Å²) in [5.41, 5.74) is 1.13. The van der Waals surface area contributed by atoms with Crippen LogP contribution in [0, 0.1) is 5.82 Å². The number of nitrogens with zero attached hydrogens (tertiary/aromatic N) is 2. The van der Waals surface area contributed by atoms with Gasteiger partial charge in [0.2, 0.25) is 5.13 Å². The van der Waals surface area contributed by atoms with Gasteiger partial charge in [-0.2, -0.15) is 0 Å². The van der Waals surface area contributed by atoms with Gasteiger partial charge in [0.25, 0.3) is 0 Å². The number of hydrogen-bond acceptors (Lipinski definition) is 6. The molecule has 0 unspecified atom stereocenters. The number of ketones is 1. The SMILES string of the molecule is O=C(CCCSc1nnc(Nc2ccccc2F)s1)c1ccccc1. The number of Topliss-reactive ketones (excluding diaryl/α,β-unsaturated/α-hetero) is 1. The lowest BCUT2D eigenvalue weighted by Crippen LogP contribution is -1.98. The quantitative estimate of drug-likeness (QED) is 0.335. The van der Waals surface area contributed by atoms with E-state index < -0.39 is 0 Å². The summed E-state index contributed by atoms with van der Waals surface area (Å²) in [6.45, 7) is 0. The molecule has 1 heterocycles. The van der Waals surface area contributed by atoms with Crippen molar-refractivity contribution >= 4 is 39.7 Å². The monoisotopic (exact) mass is 373 g/mol. The standard InChI is InChI=1S/C18H16FN3OS2/c19-14-9-4-5-10-15(14)20-17-21-22-18(25-17)24-12-6-11-16(23)13-7-2-1-3-8-13/h1-5,7-10H,6,11-12H2,(H,20,21). The Labute approximate surface area is 153 Å². The van der Waals surface area contributed by atoms with E-state index in [1.807, 2.05) is 30.3 Å². The van der Waals surface area contributed by atoms with Crippen LogP contribution >= 0.6 is 23.1 Å². The summed E-state index contributed by atoms with van der Waals surface area (Å²) in [6, 6.07) is 15.7. The average Bonchev–Trinajstić information content (AvgIpc) is 3.09. The molecule has 3 rings (SSSR count). The third-order valence-corrected chi connectivity index (χ3v) is 5.45. The number of thioether (sulfide) groups is 1. The van der Waals surface area contributed by atoms with Crippen molar-refractivity contribution in [2.24, 2.45) is 0 Å². The van der Waals surface area contributed by atoms with E-state index >= 15 is 0 Å². The number of hydrogen-bond donors (Lipinski definition) is 1. The maximum atomic E-state index is 13.6. The summed E-state index contributed by atoms with van der Waals surface area (Å²) >= 11 is 2.92. The van der Waals surface area contributed by atoms with E-state index in [1.54, 1.807) is 30.0 Å². The molecule has 4 nitrogen and oxygen atoms in total. The van der Waals surface area contributed by atoms with Crippen LogP contribution in [0.25, 0.3) is 0 Å². The Hall–Kier alpha value is -2.25. The molecule has 2 aromatic carbocycles. The summed E-state index contributed by atoms with van der Waals surface area (Å²) in [7, 11) is 0. The van der Waals surface area contributed by atoms with E-state index in [-0.39, 0.29) is 11.6 Å². The molecule has 0 spiro atoms.